The Bertz CT molecular complexity index is 1120. The van der Waals surface area contributed by atoms with Crippen LogP contribution in [-0.2, 0) is 17.8 Å². The van der Waals surface area contributed by atoms with Gasteiger partial charge in [-0.05, 0) is 55.5 Å². The molecule has 2 aliphatic carbocycles. The minimum atomic E-state index is -1.09. The van der Waals surface area contributed by atoms with E-state index in [0.29, 0.717) is 25.1 Å². The molecule has 2 heterocycles. The van der Waals surface area contributed by atoms with E-state index in [9.17, 15) is 14.0 Å². The molecule has 36 heavy (non-hydrogen) atoms. The summed E-state index contributed by atoms with van der Waals surface area (Å²) in [6, 6.07) is 9.02. The van der Waals surface area contributed by atoms with Gasteiger partial charge in [-0.25, -0.2) is 4.39 Å². The number of hydrogen-bond acceptors (Lipinski definition) is 4. The molecule has 2 fully saturated rings. The zero-order chi connectivity index (χ0) is 25.2. The molecule has 192 valence electrons. The highest BCUT2D eigenvalue weighted by Crippen LogP contribution is 2.32. The summed E-state index contributed by atoms with van der Waals surface area (Å²) in [4.78, 5) is 27.9. The SMILES string of the molecule is CC(=O)c1cn(C[C@@H]2CC(Oc3ccccc3)CN2C(=O)[C@@H](N)C2CCCCC2)c2c1CC(F)C=C2. The number of alkyl halides is 1. The normalized spacial score (nSPS) is 25.0. The summed E-state index contributed by atoms with van der Waals surface area (Å²) in [6.45, 7) is 2.50. The zero-order valence-electron chi connectivity index (χ0n) is 20.9. The molecule has 2 N–H and O–H groups in total. The summed E-state index contributed by atoms with van der Waals surface area (Å²) in [6.07, 6.45) is 10.2. The molecule has 0 spiro atoms. The number of fused-ring (bicyclic) bond motifs is 1. The van der Waals surface area contributed by atoms with Crippen molar-refractivity contribution in [3.8, 4) is 5.75 Å². The third kappa shape index (κ3) is 5.12. The smallest absolute Gasteiger partial charge is 0.240 e. The molecule has 4 atom stereocenters. The Labute approximate surface area is 212 Å². The van der Waals surface area contributed by atoms with E-state index in [2.05, 4.69) is 0 Å². The largest absolute Gasteiger partial charge is 0.489 e. The second-order valence-electron chi connectivity index (χ2n) is 10.6. The molecule has 1 saturated carbocycles. The Morgan fingerprint density at radius 1 is 1.17 bits per heavy atom. The average molecular weight is 494 g/mol. The molecule has 0 bridgehead atoms. The number of para-hydroxylation sites is 1. The number of ketones is 1. The molecule has 1 aromatic carbocycles. The lowest BCUT2D eigenvalue weighted by Gasteiger charge is -2.32. The first kappa shape index (κ1) is 24.8. The van der Waals surface area contributed by atoms with Gasteiger partial charge in [-0.2, -0.15) is 0 Å². The van der Waals surface area contributed by atoms with Gasteiger partial charge in [0.05, 0.1) is 18.6 Å². The summed E-state index contributed by atoms with van der Waals surface area (Å²) in [5, 5.41) is 0. The predicted molar refractivity (Wildman–Crippen MR) is 138 cm³/mol. The number of carbonyl (C=O) groups excluding carboxylic acids is 2. The van der Waals surface area contributed by atoms with Crippen molar-refractivity contribution < 1.29 is 18.7 Å². The van der Waals surface area contributed by atoms with Gasteiger partial charge < -0.3 is 19.9 Å². The lowest BCUT2D eigenvalue weighted by Crippen LogP contribution is -2.51. The number of likely N-dealkylation sites (tertiary alicyclic amines) is 1. The van der Waals surface area contributed by atoms with E-state index in [4.69, 9.17) is 10.5 Å². The Morgan fingerprint density at radius 2 is 1.92 bits per heavy atom. The maximum Gasteiger partial charge on any atom is 0.240 e. The third-order valence-electron chi connectivity index (χ3n) is 8.03. The standard InChI is InChI=1S/C29H36FN3O3/c1-19(34)26-18-32(27-13-12-21(30)14-25(26)27)16-22-15-24(36-23-10-6-3-7-11-23)17-33(22)29(35)28(31)20-8-4-2-5-9-20/h3,6-7,10-13,18,20-22,24,28H,2,4-5,8-9,14-17,31H2,1H3/t21?,22-,24?,28-/m0/s1. The number of carbonyl (C=O) groups is 2. The first-order chi connectivity index (χ1) is 17.4. The summed E-state index contributed by atoms with van der Waals surface area (Å²) in [7, 11) is 0. The number of amides is 1. The molecule has 1 saturated heterocycles. The minimum Gasteiger partial charge on any atom is -0.489 e. The Hall–Kier alpha value is -2.93. The van der Waals surface area contributed by atoms with E-state index in [1.165, 1.54) is 13.3 Å². The zero-order valence-corrected chi connectivity index (χ0v) is 20.9. The lowest BCUT2D eigenvalue weighted by molar-refractivity contribution is -0.135. The van der Waals surface area contributed by atoms with Gasteiger partial charge in [-0.15, -0.1) is 0 Å². The maximum absolute atomic E-state index is 14.1. The van der Waals surface area contributed by atoms with E-state index in [1.807, 2.05) is 46.0 Å². The highest BCUT2D eigenvalue weighted by atomic mass is 19.1. The van der Waals surface area contributed by atoms with Crippen molar-refractivity contribution in [3.05, 3.63) is 59.4 Å². The quantitative estimate of drug-likeness (QED) is 0.574. The molecule has 1 aromatic heterocycles. The minimum absolute atomic E-state index is 0.0155. The number of hydrogen-bond donors (Lipinski definition) is 1. The van der Waals surface area contributed by atoms with Crippen molar-refractivity contribution in [2.45, 2.75) is 82.8 Å². The van der Waals surface area contributed by atoms with Crippen molar-refractivity contribution in [1.29, 1.82) is 0 Å². The molecule has 1 aliphatic heterocycles. The molecule has 5 rings (SSSR count). The molecule has 0 radical (unpaired) electrons. The first-order valence-electron chi connectivity index (χ1n) is 13.2. The van der Waals surface area contributed by atoms with Crippen molar-refractivity contribution in [2.75, 3.05) is 6.54 Å². The van der Waals surface area contributed by atoms with Crippen LogP contribution in [0.3, 0.4) is 0 Å². The Balaban J connectivity index is 1.40. The molecule has 7 heteroatoms. The number of rotatable bonds is 7. The number of benzene rings is 1. The van der Waals surface area contributed by atoms with E-state index >= 15 is 0 Å². The summed E-state index contributed by atoms with van der Waals surface area (Å²) < 4.78 is 22.4. The second-order valence-corrected chi connectivity index (χ2v) is 10.6. The van der Waals surface area contributed by atoms with E-state index in [1.54, 1.807) is 12.2 Å². The number of nitrogens with two attached hydrogens (primary N) is 1. The second kappa shape index (κ2) is 10.6. The van der Waals surface area contributed by atoms with Crippen LogP contribution in [0.25, 0.3) is 6.08 Å². The highest BCUT2D eigenvalue weighted by Gasteiger charge is 2.41. The van der Waals surface area contributed by atoms with Crippen molar-refractivity contribution in [2.24, 2.45) is 11.7 Å². The van der Waals surface area contributed by atoms with E-state index in [-0.39, 0.29) is 36.2 Å². The van der Waals surface area contributed by atoms with Crippen LogP contribution in [0.4, 0.5) is 4.39 Å². The number of halogens is 1. The summed E-state index contributed by atoms with van der Waals surface area (Å²) in [5.41, 5.74) is 8.72. The van der Waals surface area contributed by atoms with Crippen LogP contribution >= 0.6 is 0 Å². The van der Waals surface area contributed by atoms with Crippen LogP contribution < -0.4 is 10.5 Å². The Morgan fingerprint density at radius 3 is 2.64 bits per heavy atom. The average Bonchev–Trinajstić information content (AvgIpc) is 3.45. The maximum atomic E-state index is 14.1. The van der Waals surface area contributed by atoms with E-state index < -0.39 is 12.2 Å². The van der Waals surface area contributed by atoms with Gasteiger partial charge in [0.1, 0.15) is 18.0 Å². The molecule has 2 aromatic rings. The highest BCUT2D eigenvalue weighted by molar-refractivity contribution is 5.96. The molecular weight excluding hydrogens is 457 g/mol. The van der Waals surface area contributed by atoms with Gasteiger partial charge in [0.15, 0.2) is 5.78 Å². The van der Waals surface area contributed by atoms with Crippen LogP contribution in [0, 0.1) is 5.92 Å². The summed E-state index contributed by atoms with van der Waals surface area (Å²) >= 11 is 0. The van der Waals surface area contributed by atoms with Crippen molar-refractivity contribution in [1.82, 2.24) is 9.47 Å². The van der Waals surface area contributed by atoms with Crippen molar-refractivity contribution >= 4 is 17.8 Å². The van der Waals surface area contributed by atoms with Crippen LogP contribution in [-0.4, -0.2) is 52.1 Å². The van der Waals surface area contributed by atoms with Gasteiger partial charge in [0, 0.05) is 36.8 Å². The molecule has 2 unspecified atom stereocenters. The predicted octanol–water partition coefficient (Wildman–Crippen LogP) is 4.55. The number of nitrogens with zero attached hydrogens (tertiary/aromatic N) is 2. The first-order valence-corrected chi connectivity index (χ1v) is 13.2. The Kier molecular flexibility index (Phi) is 7.28. The van der Waals surface area contributed by atoms with Gasteiger partial charge in [0.25, 0.3) is 0 Å². The number of allylic oxidation sites excluding steroid dienone is 1. The van der Waals surface area contributed by atoms with Gasteiger partial charge in [-0.1, -0.05) is 37.5 Å². The molecule has 1 amide bonds. The third-order valence-corrected chi connectivity index (χ3v) is 8.03. The fraction of sp³-hybridized carbons (Fsp3) is 0.517. The summed E-state index contributed by atoms with van der Waals surface area (Å²) in [5.74, 6) is 0.907. The molecular formula is C29H36FN3O3. The van der Waals surface area contributed by atoms with Crippen molar-refractivity contribution in [3.63, 3.8) is 0 Å². The fourth-order valence-electron chi connectivity index (χ4n) is 6.15. The monoisotopic (exact) mass is 493 g/mol. The van der Waals surface area contributed by atoms with Crippen LogP contribution in [0.1, 0.15) is 67.1 Å². The van der Waals surface area contributed by atoms with Gasteiger partial charge in [-0.3, -0.25) is 9.59 Å². The fourth-order valence-corrected chi connectivity index (χ4v) is 6.15. The van der Waals surface area contributed by atoms with Crippen LogP contribution in [0.5, 0.6) is 5.75 Å². The van der Waals surface area contributed by atoms with E-state index in [0.717, 1.165) is 42.7 Å². The van der Waals surface area contributed by atoms with Crippen LogP contribution in [0.2, 0.25) is 0 Å². The molecule has 6 nitrogen and oxygen atoms in total. The van der Waals surface area contributed by atoms with Gasteiger partial charge in [0.2, 0.25) is 5.91 Å². The molecule has 3 aliphatic rings. The topological polar surface area (TPSA) is 77.6 Å². The number of aromatic nitrogens is 1. The number of ether oxygens (including phenoxy) is 1. The lowest BCUT2D eigenvalue weighted by atomic mass is 9.83. The van der Waals surface area contributed by atoms with Crippen LogP contribution in [0.15, 0.2) is 42.6 Å². The number of Topliss-reactive ketones (excluding diaryl/α,β-unsaturated/α-hetero) is 1. The van der Waals surface area contributed by atoms with Gasteiger partial charge >= 0.3 is 0 Å².